The van der Waals surface area contributed by atoms with E-state index in [1.807, 2.05) is 31.2 Å². The van der Waals surface area contributed by atoms with E-state index in [0.717, 1.165) is 20.5 Å². The molecule has 0 unspecified atom stereocenters. The van der Waals surface area contributed by atoms with Crippen molar-refractivity contribution in [1.82, 2.24) is 14.8 Å². The largest absolute Gasteiger partial charge is 0.508 e. The van der Waals surface area contributed by atoms with E-state index in [2.05, 4.69) is 15.9 Å². The minimum absolute atomic E-state index is 0.0543. The van der Waals surface area contributed by atoms with Crippen molar-refractivity contribution >= 4 is 78.4 Å². The lowest BCUT2D eigenvalue weighted by molar-refractivity contribution is -0.173. The minimum Gasteiger partial charge on any atom is -0.508 e. The van der Waals surface area contributed by atoms with Crippen LogP contribution in [-0.2, 0) is 26.2 Å². The smallest absolute Gasteiger partial charge is 0.257 e. The Bertz CT molecular complexity index is 2140. The molecule has 0 bridgehead atoms. The number of hydrogen-bond acceptors (Lipinski definition) is 8. The van der Waals surface area contributed by atoms with Crippen molar-refractivity contribution < 1.29 is 29.5 Å². The molecule has 3 fully saturated rings. The molecule has 4 aromatic rings. The number of phenols is 1. The number of hydrogen-bond donors (Lipinski definition) is 2. The second-order valence-corrected chi connectivity index (χ2v) is 15.5. The molecular formula is C34H28BrClN4O6S. The van der Waals surface area contributed by atoms with E-state index < -0.39 is 58.6 Å². The van der Waals surface area contributed by atoms with E-state index in [0.29, 0.717) is 32.1 Å². The summed E-state index contributed by atoms with van der Waals surface area (Å²) in [6.45, 7) is 3.74. The number of benzene rings is 2. The van der Waals surface area contributed by atoms with Crippen molar-refractivity contribution in [2.75, 3.05) is 4.90 Å². The van der Waals surface area contributed by atoms with Crippen molar-refractivity contribution in [2.24, 2.45) is 36.1 Å². The summed E-state index contributed by atoms with van der Waals surface area (Å²) in [4.78, 5) is 57.5. The Balaban J connectivity index is 1.27. The molecule has 2 N–H and O–H groups in total. The zero-order chi connectivity index (χ0) is 33.3. The molecule has 2 aliphatic heterocycles. The molecule has 0 spiro atoms. The van der Waals surface area contributed by atoms with Gasteiger partial charge in [0.05, 0.1) is 28.0 Å². The highest BCUT2D eigenvalue weighted by Crippen LogP contribution is 2.64. The van der Waals surface area contributed by atoms with Crippen molar-refractivity contribution in [1.29, 1.82) is 0 Å². The molecule has 47 heavy (non-hydrogen) atoms. The number of phenolic OH excluding ortho intramolecular Hbond substituents is 1. The van der Waals surface area contributed by atoms with Gasteiger partial charge < -0.3 is 5.11 Å². The van der Waals surface area contributed by atoms with Crippen LogP contribution >= 0.6 is 38.9 Å². The zero-order valence-electron chi connectivity index (χ0n) is 25.4. The molecule has 240 valence electrons. The molecule has 8 rings (SSSR count). The van der Waals surface area contributed by atoms with Crippen LogP contribution in [0.2, 0.25) is 5.02 Å². The molecule has 2 aromatic heterocycles. The average molecular weight is 736 g/mol. The summed E-state index contributed by atoms with van der Waals surface area (Å²) in [5.41, 5.74) is 1.40. The summed E-state index contributed by atoms with van der Waals surface area (Å²) in [6.07, 6.45) is 2.19. The van der Waals surface area contributed by atoms with Gasteiger partial charge in [-0.15, -0.1) is 11.3 Å². The first kappa shape index (κ1) is 30.5. The van der Waals surface area contributed by atoms with Gasteiger partial charge >= 0.3 is 0 Å². The van der Waals surface area contributed by atoms with Crippen LogP contribution in [0, 0.1) is 36.0 Å². The first-order valence-corrected chi connectivity index (χ1v) is 17.2. The third kappa shape index (κ3) is 4.08. The Kier molecular flexibility index (Phi) is 6.70. The van der Waals surface area contributed by atoms with Gasteiger partial charge in [0, 0.05) is 38.8 Å². The fourth-order valence-electron chi connectivity index (χ4n) is 8.53. The van der Waals surface area contributed by atoms with Gasteiger partial charge in [-0.1, -0.05) is 39.2 Å². The predicted molar refractivity (Wildman–Crippen MR) is 178 cm³/mol. The molecule has 2 aromatic carbocycles. The van der Waals surface area contributed by atoms with Crippen molar-refractivity contribution in [3.63, 3.8) is 0 Å². The van der Waals surface area contributed by atoms with Crippen LogP contribution in [0.25, 0.3) is 20.7 Å². The number of aryl methyl sites for hydroxylation is 2. The number of carbonyl (C=O) groups excluding carboxylic acids is 4. The molecular weight excluding hydrogens is 708 g/mol. The van der Waals surface area contributed by atoms with Gasteiger partial charge in [-0.25, -0.2) is 4.90 Å². The van der Waals surface area contributed by atoms with Crippen LogP contribution in [0.5, 0.6) is 5.75 Å². The maximum atomic E-state index is 14.8. The molecule has 1 saturated carbocycles. The normalized spacial score (nSPS) is 28.6. The van der Waals surface area contributed by atoms with Crippen LogP contribution in [0.1, 0.15) is 36.8 Å². The predicted octanol–water partition coefficient (Wildman–Crippen LogP) is 6.35. The zero-order valence-corrected chi connectivity index (χ0v) is 28.6. The minimum atomic E-state index is -1.34. The van der Waals surface area contributed by atoms with E-state index in [4.69, 9.17) is 16.7 Å². The number of imide groups is 2. The summed E-state index contributed by atoms with van der Waals surface area (Å²) >= 11 is 11.3. The second kappa shape index (κ2) is 10.3. The van der Waals surface area contributed by atoms with Crippen LogP contribution in [0.15, 0.2) is 58.6 Å². The molecule has 2 saturated heterocycles. The van der Waals surface area contributed by atoms with Crippen LogP contribution in [0.3, 0.4) is 0 Å². The maximum absolute atomic E-state index is 14.8. The van der Waals surface area contributed by atoms with Crippen molar-refractivity contribution in [3.05, 3.63) is 74.7 Å². The quantitative estimate of drug-likeness (QED) is 0.142. The van der Waals surface area contributed by atoms with E-state index in [1.54, 1.807) is 43.5 Å². The number of allylic oxidation sites excluding steroid dienone is 2. The number of halogens is 2. The topological polar surface area (TPSA) is 133 Å². The van der Waals surface area contributed by atoms with E-state index in [9.17, 15) is 29.5 Å². The summed E-state index contributed by atoms with van der Waals surface area (Å²) in [5.74, 6) is -5.91. The summed E-state index contributed by atoms with van der Waals surface area (Å²) in [5, 5.41) is 28.1. The summed E-state index contributed by atoms with van der Waals surface area (Å²) < 4.78 is 3.23. The van der Waals surface area contributed by atoms with Gasteiger partial charge in [-0.2, -0.15) is 10.2 Å². The fourth-order valence-corrected chi connectivity index (χ4v) is 10.2. The van der Waals surface area contributed by atoms with Crippen LogP contribution in [0.4, 0.5) is 5.82 Å². The highest BCUT2D eigenvalue weighted by atomic mass is 79.9. The van der Waals surface area contributed by atoms with Gasteiger partial charge in [0.25, 0.3) is 11.8 Å². The molecule has 13 heteroatoms. The second-order valence-electron chi connectivity index (χ2n) is 13.1. The highest BCUT2D eigenvalue weighted by Gasteiger charge is 2.68. The first-order valence-electron chi connectivity index (χ1n) is 15.2. The molecule has 4 amide bonds. The molecule has 6 atom stereocenters. The molecule has 4 aliphatic rings. The van der Waals surface area contributed by atoms with Gasteiger partial charge in [-0.3, -0.25) is 29.1 Å². The number of amides is 4. The number of hydroxylamine groups is 2. The number of thiophene rings is 1. The molecule has 2 aliphatic carbocycles. The standard InChI is InChI=1S/C34H28BrClN4O6S/c1-14-19-11-16(36)5-9-25(19)47-29(14)23-13-26(38(3)37-23)39-31(43)22-12-20-17(6-7-18-27(20)32(44)40(46)30(18)42)28(34(22,2)33(39)45)21-10-15(35)4-8-24(21)41/h4-6,8-11,13,18,20,22,27-28,41,46H,7,12H2,1-3H3/t18-,20+,22-,27-,28+,34+/m0/s1. The Labute approximate surface area is 286 Å². The van der Waals surface area contributed by atoms with Gasteiger partial charge in [0.15, 0.2) is 0 Å². The van der Waals surface area contributed by atoms with Gasteiger partial charge in [0.1, 0.15) is 17.3 Å². The first-order chi connectivity index (χ1) is 22.3. The number of rotatable bonds is 3. The number of nitrogens with zero attached hydrogens (tertiary/aromatic N) is 4. The van der Waals surface area contributed by atoms with Gasteiger partial charge in [0.2, 0.25) is 11.8 Å². The number of anilines is 1. The summed E-state index contributed by atoms with van der Waals surface area (Å²) in [6, 6.07) is 12.4. The average Bonchev–Trinajstić information content (AvgIpc) is 3.70. The lowest BCUT2D eigenvalue weighted by atomic mass is 9.51. The van der Waals surface area contributed by atoms with Crippen LogP contribution in [-0.4, -0.2) is 48.8 Å². The lowest BCUT2D eigenvalue weighted by Gasteiger charge is -2.49. The van der Waals surface area contributed by atoms with Crippen molar-refractivity contribution in [3.8, 4) is 16.3 Å². The Morgan fingerprint density at radius 2 is 1.81 bits per heavy atom. The number of aromatic hydroxyl groups is 1. The third-order valence-corrected chi connectivity index (χ3v) is 12.8. The van der Waals surface area contributed by atoms with E-state index in [-0.39, 0.29) is 23.7 Å². The van der Waals surface area contributed by atoms with Crippen molar-refractivity contribution in [2.45, 2.75) is 32.6 Å². The van der Waals surface area contributed by atoms with E-state index in [1.165, 1.54) is 15.6 Å². The molecule has 10 nitrogen and oxygen atoms in total. The number of aromatic nitrogens is 2. The fraction of sp³-hybridized carbons (Fsp3) is 0.324. The monoisotopic (exact) mass is 734 g/mol. The Hall–Kier alpha value is -3.84. The highest BCUT2D eigenvalue weighted by molar-refractivity contribution is 9.10. The number of carbonyl (C=O) groups is 4. The Morgan fingerprint density at radius 1 is 1.04 bits per heavy atom. The van der Waals surface area contributed by atoms with Gasteiger partial charge in [-0.05, 0) is 80.0 Å². The number of fused-ring (bicyclic) bond motifs is 5. The van der Waals surface area contributed by atoms with Crippen LogP contribution < -0.4 is 4.90 Å². The van der Waals surface area contributed by atoms with E-state index >= 15 is 0 Å². The lowest BCUT2D eigenvalue weighted by Crippen LogP contribution is -2.48. The summed E-state index contributed by atoms with van der Waals surface area (Å²) in [7, 11) is 1.69. The SMILES string of the molecule is Cc1c(-c2cc(N3C(=O)[C@@H]4C[C@@H]5C(=CC[C@@H]6C(=O)N(O)C(=O)[C@@H]65)[C@H](c5cc(Br)ccc5O)[C@]4(C)C3=O)n(C)n2)sc2ccc(Cl)cc12. The maximum Gasteiger partial charge on any atom is 0.257 e. The molecule has 4 heterocycles. The molecule has 0 radical (unpaired) electrons. The Morgan fingerprint density at radius 3 is 2.57 bits per heavy atom. The third-order valence-electron chi connectivity index (χ3n) is 10.8.